The maximum absolute atomic E-state index is 10.8. The molecule has 3 rings (SSSR count). The Morgan fingerprint density at radius 2 is 2.22 bits per heavy atom. The molecule has 7 heteroatoms. The van der Waals surface area contributed by atoms with Crippen molar-refractivity contribution in [3.8, 4) is 5.82 Å². The van der Waals surface area contributed by atoms with Gasteiger partial charge < -0.3 is 5.11 Å². The normalized spacial score (nSPS) is 10.9. The lowest BCUT2D eigenvalue weighted by atomic mass is 10.3. The minimum Gasteiger partial charge on any atom is -0.476 e. The Balaban J connectivity index is 2.21. The molecule has 1 N–H and O–H groups in total. The van der Waals surface area contributed by atoms with Crippen molar-refractivity contribution in [2.75, 3.05) is 0 Å². The molecule has 0 unspecified atom stereocenters. The number of aromatic nitrogens is 4. The van der Waals surface area contributed by atoms with E-state index in [0.717, 1.165) is 15.8 Å². The molecule has 6 nitrogen and oxygen atoms in total. The fourth-order valence-electron chi connectivity index (χ4n) is 1.69. The fourth-order valence-corrected chi connectivity index (χ4v) is 2.69. The molecule has 0 atom stereocenters. The zero-order valence-electron chi connectivity index (χ0n) is 9.36. The van der Waals surface area contributed by atoms with Gasteiger partial charge >= 0.3 is 5.97 Å². The van der Waals surface area contributed by atoms with Gasteiger partial charge in [-0.2, -0.15) is 0 Å². The average Bonchev–Trinajstić information content (AvgIpc) is 2.97. The Kier molecular flexibility index (Phi) is 2.34. The van der Waals surface area contributed by atoms with Crippen molar-refractivity contribution in [3.05, 3.63) is 35.5 Å². The van der Waals surface area contributed by atoms with Crippen LogP contribution >= 0.6 is 11.3 Å². The molecular weight excluding hydrogens is 252 g/mol. The Morgan fingerprint density at radius 1 is 1.39 bits per heavy atom. The highest BCUT2D eigenvalue weighted by Gasteiger charge is 2.12. The summed E-state index contributed by atoms with van der Waals surface area (Å²) in [5.74, 6) is -0.403. The predicted octanol–water partition coefficient (Wildman–Crippen LogP) is 1.88. The number of aryl methyl sites for hydroxylation is 1. The summed E-state index contributed by atoms with van der Waals surface area (Å²) in [7, 11) is 0. The molecule has 0 aromatic carbocycles. The number of imidazole rings is 1. The van der Waals surface area contributed by atoms with Gasteiger partial charge in [-0.05, 0) is 17.9 Å². The fraction of sp³-hybridized carbons (Fsp3) is 0.0909. The summed E-state index contributed by atoms with van der Waals surface area (Å²) in [5.41, 5.74) is 1.96. The number of nitrogens with zero attached hydrogens (tertiary/aromatic N) is 4. The molecule has 90 valence electrons. The topological polar surface area (TPSA) is 80.9 Å². The first-order valence-corrected chi connectivity index (χ1v) is 6.01. The number of hydrogen-bond acceptors (Lipinski definition) is 5. The van der Waals surface area contributed by atoms with Gasteiger partial charge in [-0.3, -0.25) is 4.57 Å². The van der Waals surface area contributed by atoms with Gasteiger partial charge in [-0.25, -0.2) is 19.7 Å². The van der Waals surface area contributed by atoms with Crippen LogP contribution in [0.3, 0.4) is 0 Å². The van der Waals surface area contributed by atoms with Gasteiger partial charge in [0.25, 0.3) is 0 Å². The molecule has 18 heavy (non-hydrogen) atoms. The first kappa shape index (κ1) is 10.8. The van der Waals surface area contributed by atoms with Crippen molar-refractivity contribution in [3.63, 3.8) is 0 Å². The van der Waals surface area contributed by atoms with Gasteiger partial charge in [0, 0.05) is 6.20 Å². The van der Waals surface area contributed by atoms with E-state index in [-0.39, 0.29) is 5.69 Å². The van der Waals surface area contributed by atoms with Crippen molar-refractivity contribution in [1.29, 1.82) is 0 Å². The Bertz CT molecular complexity index is 746. The van der Waals surface area contributed by atoms with Crippen molar-refractivity contribution >= 4 is 27.5 Å². The number of carbonyl (C=O) groups is 1. The Hall–Kier alpha value is -2.28. The lowest BCUT2D eigenvalue weighted by Gasteiger charge is -2.01. The Morgan fingerprint density at radius 3 is 2.94 bits per heavy atom. The van der Waals surface area contributed by atoms with Crippen molar-refractivity contribution in [2.24, 2.45) is 0 Å². The maximum atomic E-state index is 10.8. The zero-order chi connectivity index (χ0) is 12.7. The summed E-state index contributed by atoms with van der Waals surface area (Å²) in [5, 5.41) is 10.9. The predicted molar refractivity (Wildman–Crippen MR) is 66.2 cm³/mol. The van der Waals surface area contributed by atoms with Gasteiger partial charge in [0.1, 0.15) is 12.7 Å². The summed E-state index contributed by atoms with van der Waals surface area (Å²) in [6.45, 7) is 1.98. The Labute approximate surface area is 106 Å². The molecule has 0 aliphatic heterocycles. The highest BCUT2D eigenvalue weighted by Crippen LogP contribution is 2.27. The third-order valence-corrected chi connectivity index (χ3v) is 3.64. The van der Waals surface area contributed by atoms with Crippen LogP contribution in [0.1, 0.15) is 16.1 Å². The second-order valence-electron chi connectivity index (χ2n) is 3.77. The molecule has 0 saturated heterocycles. The average molecular weight is 260 g/mol. The van der Waals surface area contributed by atoms with Crippen LogP contribution in [0.5, 0.6) is 0 Å². The third-order valence-electron chi connectivity index (χ3n) is 2.56. The monoisotopic (exact) mass is 260 g/mol. The molecule has 3 aromatic heterocycles. The molecule has 3 aromatic rings. The number of rotatable bonds is 2. The van der Waals surface area contributed by atoms with Gasteiger partial charge in [-0.1, -0.05) is 0 Å². The smallest absolute Gasteiger partial charge is 0.356 e. The van der Waals surface area contributed by atoms with E-state index < -0.39 is 5.97 Å². The van der Waals surface area contributed by atoms with E-state index in [1.54, 1.807) is 4.57 Å². The van der Waals surface area contributed by atoms with Crippen molar-refractivity contribution in [2.45, 2.75) is 6.92 Å². The number of carboxylic acid groups (broad SMARTS) is 1. The highest BCUT2D eigenvalue weighted by molar-refractivity contribution is 7.17. The van der Waals surface area contributed by atoms with Crippen molar-refractivity contribution in [1.82, 2.24) is 19.5 Å². The van der Waals surface area contributed by atoms with E-state index in [4.69, 9.17) is 5.11 Å². The largest absolute Gasteiger partial charge is 0.476 e. The van der Waals surface area contributed by atoms with E-state index in [2.05, 4.69) is 15.0 Å². The van der Waals surface area contributed by atoms with E-state index in [0.29, 0.717) is 5.82 Å². The van der Waals surface area contributed by atoms with Crippen LogP contribution in [-0.2, 0) is 0 Å². The van der Waals surface area contributed by atoms with Gasteiger partial charge in [0.15, 0.2) is 11.5 Å². The number of fused-ring (bicyclic) bond motifs is 1. The zero-order valence-corrected chi connectivity index (χ0v) is 10.2. The van der Waals surface area contributed by atoms with Crippen LogP contribution in [0.25, 0.3) is 16.0 Å². The van der Waals surface area contributed by atoms with E-state index in [9.17, 15) is 4.79 Å². The summed E-state index contributed by atoms with van der Waals surface area (Å²) in [4.78, 5) is 23.0. The third kappa shape index (κ3) is 1.56. The number of hydrogen-bond donors (Lipinski definition) is 1. The molecule has 0 aliphatic rings. The minimum atomic E-state index is -1.05. The van der Waals surface area contributed by atoms with Gasteiger partial charge in [-0.15, -0.1) is 11.3 Å². The van der Waals surface area contributed by atoms with E-state index in [1.807, 2.05) is 12.3 Å². The second kappa shape index (κ2) is 3.88. The van der Waals surface area contributed by atoms with Crippen LogP contribution in [0, 0.1) is 6.92 Å². The highest BCUT2D eigenvalue weighted by atomic mass is 32.1. The minimum absolute atomic E-state index is 0.00459. The van der Waals surface area contributed by atoms with Crippen LogP contribution in [-0.4, -0.2) is 30.6 Å². The molecule has 3 heterocycles. The summed E-state index contributed by atoms with van der Waals surface area (Å²) >= 11 is 1.53. The molecule has 0 aliphatic carbocycles. The first-order chi connectivity index (χ1) is 8.66. The summed E-state index contributed by atoms with van der Waals surface area (Å²) < 4.78 is 2.52. The van der Waals surface area contributed by atoms with Gasteiger partial charge in [0.05, 0.1) is 10.2 Å². The maximum Gasteiger partial charge on any atom is 0.356 e. The number of carboxylic acids is 1. The summed E-state index contributed by atoms with van der Waals surface area (Å²) in [6.07, 6.45) is 4.36. The second-order valence-corrected chi connectivity index (χ2v) is 4.64. The van der Waals surface area contributed by atoms with Gasteiger partial charge in [0.2, 0.25) is 0 Å². The molecule has 0 saturated carbocycles. The standard InChI is InChI=1S/C11H8N4O2S/c1-6-3-18-9-8(6)12-4-13-10(9)15-2-7(11(16)17)14-5-15/h2-5H,1H3,(H,16,17). The SMILES string of the molecule is Cc1csc2c(-n3cnc(C(=O)O)c3)ncnc12. The van der Waals surface area contributed by atoms with Crippen LogP contribution < -0.4 is 0 Å². The molecule has 0 spiro atoms. The molecule has 0 fully saturated rings. The number of aromatic carboxylic acids is 1. The van der Waals surface area contributed by atoms with Crippen LogP contribution in [0.2, 0.25) is 0 Å². The van der Waals surface area contributed by atoms with Crippen molar-refractivity contribution < 1.29 is 9.90 Å². The lowest BCUT2D eigenvalue weighted by Crippen LogP contribution is -1.97. The molecule has 0 amide bonds. The molecular formula is C11H8N4O2S. The van der Waals surface area contributed by atoms with E-state index in [1.165, 1.54) is 30.2 Å². The molecule has 0 radical (unpaired) electrons. The lowest BCUT2D eigenvalue weighted by molar-refractivity contribution is 0.0691. The number of thiophene rings is 1. The molecule has 0 bridgehead atoms. The quantitative estimate of drug-likeness (QED) is 0.760. The van der Waals surface area contributed by atoms with E-state index >= 15 is 0 Å². The first-order valence-electron chi connectivity index (χ1n) is 5.13. The van der Waals surface area contributed by atoms with Crippen LogP contribution in [0.4, 0.5) is 0 Å². The van der Waals surface area contributed by atoms with Crippen LogP contribution in [0.15, 0.2) is 24.2 Å². The summed E-state index contributed by atoms with van der Waals surface area (Å²) in [6, 6.07) is 0.